The minimum absolute atomic E-state index is 0. The Labute approximate surface area is 204 Å². The van der Waals surface area contributed by atoms with Gasteiger partial charge in [0.25, 0.3) is 0 Å². The standard InChI is InChI=1S/C22H37ClN4O2.HI/c1-4-24-21(25-11-13-27(2)12-6-14-28-3)26-18-22(9-15-29-16-10-22)19-7-5-8-20(23)17-19;/h5,7-8,17H,4,6,9-16,18H2,1-3H3,(H2,24,25,26);1H. The Bertz CT molecular complexity index is 627. The molecule has 172 valence electrons. The molecule has 1 aliphatic rings. The van der Waals surface area contributed by atoms with Gasteiger partial charge in [-0.2, -0.15) is 0 Å². The van der Waals surface area contributed by atoms with Crippen molar-refractivity contribution in [1.82, 2.24) is 15.5 Å². The van der Waals surface area contributed by atoms with Crippen molar-refractivity contribution >= 4 is 41.5 Å². The van der Waals surface area contributed by atoms with Crippen LogP contribution in [-0.2, 0) is 14.9 Å². The van der Waals surface area contributed by atoms with Crippen molar-refractivity contribution in [2.75, 3.05) is 66.7 Å². The number of hydrogen-bond acceptors (Lipinski definition) is 4. The minimum Gasteiger partial charge on any atom is -0.385 e. The van der Waals surface area contributed by atoms with Crippen LogP contribution in [0.1, 0.15) is 31.7 Å². The van der Waals surface area contributed by atoms with E-state index in [1.165, 1.54) is 5.56 Å². The molecule has 1 aromatic rings. The van der Waals surface area contributed by atoms with E-state index in [1.54, 1.807) is 7.11 Å². The van der Waals surface area contributed by atoms with Crippen LogP contribution in [-0.4, -0.2) is 77.6 Å². The number of benzene rings is 1. The first-order valence-corrected chi connectivity index (χ1v) is 11.0. The normalized spacial score (nSPS) is 16.2. The summed E-state index contributed by atoms with van der Waals surface area (Å²) in [5.41, 5.74) is 1.23. The Morgan fingerprint density at radius 1 is 1.27 bits per heavy atom. The summed E-state index contributed by atoms with van der Waals surface area (Å²) < 4.78 is 10.8. The molecule has 0 atom stereocenters. The lowest BCUT2D eigenvalue weighted by Crippen LogP contribution is -2.43. The van der Waals surface area contributed by atoms with E-state index in [4.69, 9.17) is 26.1 Å². The van der Waals surface area contributed by atoms with Crippen LogP contribution < -0.4 is 10.6 Å². The molecule has 1 saturated heterocycles. The Kier molecular flexibility index (Phi) is 13.9. The van der Waals surface area contributed by atoms with E-state index in [1.807, 2.05) is 12.1 Å². The fourth-order valence-corrected chi connectivity index (χ4v) is 3.84. The van der Waals surface area contributed by atoms with Gasteiger partial charge in [-0.15, -0.1) is 24.0 Å². The van der Waals surface area contributed by atoms with Crippen molar-refractivity contribution in [3.8, 4) is 0 Å². The van der Waals surface area contributed by atoms with Gasteiger partial charge in [-0.25, -0.2) is 0 Å². The fraction of sp³-hybridized carbons (Fsp3) is 0.682. The third kappa shape index (κ3) is 9.26. The number of rotatable bonds is 11. The molecular weight excluding hydrogens is 515 g/mol. The maximum Gasteiger partial charge on any atom is 0.191 e. The SMILES string of the molecule is CCNC(=NCC1(c2cccc(Cl)c2)CCOCC1)NCCN(C)CCCOC.I. The number of hydrogen-bond donors (Lipinski definition) is 2. The van der Waals surface area contributed by atoms with Crippen molar-refractivity contribution in [1.29, 1.82) is 0 Å². The zero-order chi connectivity index (χ0) is 21.0. The van der Waals surface area contributed by atoms with Crippen LogP contribution in [0.3, 0.4) is 0 Å². The van der Waals surface area contributed by atoms with Gasteiger partial charge in [0.2, 0.25) is 0 Å². The molecule has 0 amide bonds. The van der Waals surface area contributed by atoms with Gasteiger partial charge in [-0.3, -0.25) is 4.99 Å². The van der Waals surface area contributed by atoms with Crippen LogP contribution in [0, 0.1) is 0 Å². The Morgan fingerprint density at radius 2 is 2.03 bits per heavy atom. The van der Waals surface area contributed by atoms with Crippen molar-refractivity contribution in [3.05, 3.63) is 34.9 Å². The molecule has 0 bridgehead atoms. The number of nitrogens with zero attached hydrogens (tertiary/aromatic N) is 2. The van der Waals surface area contributed by atoms with Gasteiger partial charge in [-0.1, -0.05) is 23.7 Å². The molecule has 6 nitrogen and oxygen atoms in total. The van der Waals surface area contributed by atoms with Gasteiger partial charge in [-0.05, 0) is 50.9 Å². The molecule has 1 aromatic carbocycles. The van der Waals surface area contributed by atoms with Crippen LogP contribution in [0.4, 0.5) is 0 Å². The van der Waals surface area contributed by atoms with E-state index in [0.717, 1.165) is 82.8 Å². The topological polar surface area (TPSA) is 58.1 Å². The Morgan fingerprint density at radius 3 is 2.70 bits per heavy atom. The second-order valence-corrected chi connectivity index (χ2v) is 8.11. The highest BCUT2D eigenvalue weighted by atomic mass is 127. The van der Waals surface area contributed by atoms with Gasteiger partial charge >= 0.3 is 0 Å². The summed E-state index contributed by atoms with van der Waals surface area (Å²) in [4.78, 5) is 7.25. The maximum absolute atomic E-state index is 6.28. The summed E-state index contributed by atoms with van der Waals surface area (Å²) in [5, 5.41) is 7.62. The van der Waals surface area contributed by atoms with Gasteiger partial charge in [0.05, 0.1) is 6.54 Å². The number of halogens is 2. The average molecular weight is 553 g/mol. The first-order valence-electron chi connectivity index (χ1n) is 10.6. The van der Waals surface area contributed by atoms with Gasteiger partial charge in [0.1, 0.15) is 0 Å². The lowest BCUT2D eigenvalue weighted by Gasteiger charge is -2.36. The van der Waals surface area contributed by atoms with Crippen LogP contribution in [0.25, 0.3) is 0 Å². The predicted molar refractivity (Wildman–Crippen MR) is 137 cm³/mol. The van der Waals surface area contributed by atoms with E-state index in [0.29, 0.717) is 0 Å². The number of guanidine groups is 1. The number of methoxy groups -OCH3 is 1. The van der Waals surface area contributed by atoms with Crippen molar-refractivity contribution in [3.63, 3.8) is 0 Å². The maximum atomic E-state index is 6.28. The van der Waals surface area contributed by atoms with E-state index < -0.39 is 0 Å². The average Bonchev–Trinajstić information content (AvgIpc) is 2.73. The highest BCUT2D eigenvalue weighted by Crippen LogP contribution is 2.36. The van der Waals surface area contributed by atoms with Crippen LogP contribution in [0.15, 0.2) is 29.3 Å². The largest absolute Gasteiger partial charge is 0.385 e. The smallest absolute Gasteiger partial charge is 0.191 e. The summed E-state index contributed by atoms with van der Waals surface area (Å²) >= 11 is 6.28. The fourth-order valence-electron chi connectivity index (χ4n) is 3.65. The Balaban J connectivity index is 0.00000450. The summed E-state index contributed by atoms with van der Waals surface area (Å²) in [6.07, 6.45) is 2.96. The highest BCUT2D eigenvalue weighted by Gasteiger charge is 2.34. The molecule has 0 spiro atoms. The van der Waals surface area contributed by atoms with Gasteiger partial charge in [0.15, 0.2) is 5.96 Å². The molecule has 0 aliphatic carbocycles. The third-order valence-corrected chi connectivity index (χ3v) is 5.68. The van der Waals surface area contributed by atoms with Crippen molar-refractivity contribution in [2.24, 2.45) is 4.99 Å². The molecule has 1 fully saturated rings. The summed E-state index contributed by atoms with van der Waals surface area (Å²) in [6, 6.07) is 8.21. The van der Waals surface area contributed by atoms with Crippen molar-refractivity contribution < 1.29 is 9.47 Å². The lowest BCUT2D eigenvalue weighted by molar-refractivity contribution is 0.0531. The summed E-state index contributed by atoms with van der Waals surface area (Å²) in [6.45, 7) is 8.81. The summed E-state index contributed by atoms with van der Waals surface area (Å²) in [7, 11) is 3.88. The molecule has 30 heavy (non-hydrogen) atoms. The molecule has 1 aliphatic heterocycles. The lowest BCUT2D eigenvalue weighted by atomic mass is 9.74. The quantitative estimate of drug-likeness (QED) is 0.190. The molecular formula is C22H38ClIN4O2. The third-order valence-electron chi connectivity index (χ3n) is 5.45. The minimum atomic E-state index is -0.0254. The molecule has 0 unspecified atom stereocenters. The van der Waals surface area contributed by atoms with E-state index in [-0.39, 0.29) is 29.4 Å². The predicted octanol–water partition coefficient (Wildman–Crippen LogP) is 3.53. The second kappa shape index (κ2) is 15.2. The zero-order valence-electron chi connectivity index (χ0n) is 18.6. The van der Waals surface area contributed by atoms with E-state index in [2.05, 4.69) is 41.6 Å². The summed E-state index contributed by atoms with van der Waals surface area (Å²) in [5.74, 6) is 0.866. The molecule has 0 aromatic heterocycles. The molecule has 1 heterocycles. The first-order chi connectivity index (χ1) is 14.1. The van der Waals surface area contributed by atoms with Crippen molar-refractivity contribution in [2.45, 2.75) is 31.6 Å². The molecule has 8 heteroatoms. The molecule has 0 saturated carbocycles. The Hall–Kier alpha value is -0.610. The number of nitrogens with one attached hydrogen (secondary N) is 2. The van der Waals surface area contributed by atoms with E-state index >= 15 is 0 Å². The molecule has 0 radical (unpaired) electrons. The van der Waals surface area contributed by atoms with Gasteiger partial charge < -0.3 is 25.0 Å². The van der Waals surface area contributed by atoms with Gasteiger partial charge in [0, 0.05) is 63.5 Å². The van der Waals surface area contributed by atoms with E-state index in [9.17, 15) is 0 Å². The number of aliphatic imine (C=N–C) groups is 1. The monoisotopic (exact) mass is 552 g/mol. The highest BCUT2D eigenvalue weighted by molar-refractivity contribution is 14.0. The molecule has 2 rings (SSSR count). The molecule has 2 N–H and O–H groups in total. The number of likely N-dealkylation sites (N-methyl/N-ethyl adjacent to an activating group) is 1. The zero-order valence-corrected chi connectivity index (χ0v) is 21.7. The van der Waals surface area contributed by atoms with Crippen LogP contribution in [0.2, 0.25) is 5.02 Å². The first kappa shape index (κ1) is 27.4. The number of ether oxygens (including phenoxy) is 2. The second-order valence-electron chi connectivity index (χ2n) is 7.67. The van der Waals surface area contributed by atoms with Crippen LogP contribution in [0.5, 0.6) is 0 Å². The van der Waals surface area contributed by atoms with Crippen LogP contribution >= 0.6 is 35.6 Å².